The Morgan fingerprint density at radius 2 is 2.38 bits per heavy atom. The third-order valence-electron chi connectivity index (χ3n) is 2.54. The van der Waals surface area contributed by atoms with Crippen molar-refractivity contribution < 1.29 is 8.42 Å². The van der Waals surface area contributed by atoms with Gasteiger partial charge in [0, 0.05) is 6.54 Å². The molecule has 0 bridgehead atoms. The number of hydrogen-bond acceptors (Lipinski definition) is 4. The lowest BCUT2D eigenvalue weighted by Crippen LogP contribution is -2.29. The molecule has 0 amide bonds. The van der Waals surface area contributed by atoms with Gasteiger partial charge in [0.25, 0.3) is 0 Å². The summed E-state index contributed by atoms with van der Waals surface area (Å²) in [5, 5.41) is 3.20. The Hall–Kier alpha value is -0.140. The molecule has 0 aromatic carbocycles. The van der Waals surface area contributed by atoms with Gasteiger partial charge in [-0.25, -0.2) is 13.1 Å². The molecule has 0 radical (unpaired) electrons. The van der Waals surface area contributed by atoms with Crippen LogP contribution in [0.2, 0.25) is 4.34 Å². The molecule has 2 heterocycles. The van der Waals surface area contributed by atoms with Crippen LogP contribution in [-0.4, -0.2) is 28.1 Å². The van der Waals surface area contributed by atoms with Crippen molar-refractivity contribution in [3.8, 4) is 0 Å². The SMILES string of the molecule is O=S(=O)(NCC1CCNC1)c1ccc(Cl)s1. The van der Waals surface area contributed by atoms with Crippen molar-refractivity contribution in [3.05, 3.63) is 16.5 Å². The van der Waals surface area contributed by atoms with Crippen LogP contribution in [0.1, 0.15) is 6.42 Å². The number of hydrogen-bond donors (Lipinski definition) is 2. The highest BCUT2D eigenvalue weighted by Crippen LogP contribution is 2.25. The zero-order chi connectivity index (χ0) is 11.6. The van der Waals surface area contributed by atoms with Gasteiger partial charge in [-0.15, -0.1) is 11.3 Å². The van der Waals surface area contributed by atoms with Gasteiger partial charge in [-0.05, 0) is 37.6 Å². The molecule has 90 valence electrons. The summed E-state index contributed by atoms with van der Waals surface area (Å²) >= 11 is 6.79. The molecule has 1 aliphatic heterocycles. The third kappa shape index (κ3) is 2.95. The third-order valence-corrected chi connectivity index (χ3v) is 5.68. The molecule has 0 spiro atoms. The lowest BCUT2D eigenvalue weighted by atomic mass is 10.1. The van der Waals surface area contributed by atoms with Gasteiger partial charge in [0.1, 0.15) is 4.21 Å². The van der Waals surface area contributed by atoms with Gasteiger partial charge in [0.05, 0.1) is 4.34 Å². The van der Waals surface area contributed by atoms with Crippen LogP contribution in [0, 0.1) is 5.92 Å². The van der Waals surface area contributed by atoms with Gasteiger partial charge < -0.3 is 5.32 Å². The molecule has 1 aromatic heterocycles. The van der Waals surface area contributed by atoms with E-state index in [0.29, 0.717) is 16.8 Å². The van der Waals surface area contributed by atoms with Crippen LogP contribution in [0.25, 0.3) is 0 Å². The first-order chi connectivity index (χ1) is 7.58. The van der Waals surface area contributed by atoms with E-state index in [1.54, 1.807) is 6.07 Å². The maximum atomic E-state index is 11.8. The van der Waals surface area contributed by atoms with Crippen LogP contribution in [0.5, 0.6) is 0 Å². The van der Waals surface area contributed by atoms with Crippen LogP contribution >= 0.6 is 22.9 Å². The standard InChI is InChI=1S/C9H13ClN2O2S2/c10-8-1-2-9(15-8)16(13,14)12-6-7-3-4-11-5-7/h1-2,7,11-12H,3-6H2. The Labute approximate surface area is 104 Å². The van der Waals surface area contributed by atoms with E-state index in [-0.39, 0.29) is 4.21 Å². The summed E-state index contributed by atoms with van der Waals surface area (Å²) in [6.07, 6.45) is 1.02. The van der Waals surface area contributed by atoms with E-state index in [1.807, 2.05) is 0 Å². The summed E-state index contributed by atoms with van der Waals surface area (Å²) in [7, 11) is -3.37. The fourth-order valence-electron chi connectivity index (χ4n) is 1.63. The first kappa shape index (κ1) is 12.3. The summed E-state index contributed by atoms with van der Waals surface area (Å²) in [5.74, 6) is 0.394. The topological polar surface area (TPSA) is 58.2 Å². The second-order valence-corrected chi connectivity index (χ2v) is 7.48. The molecule has 2 rings (SSSR count). The van der Waals surface area contributed by atoms with Gasteiger partial charge in [0.15, 0.2) is 0 Å². The number of nitrogens with one attached hydrogen (secondary N) is 2. The molecule has 0 aliphatic carbocycles. The summed E-state index contributed by atoms with van der Waals surface area (Å²) in [6, 6.07) is 3.13. The van der Waals surface area contributed by atoms with Crippen molar-refractivity contribution in [3.63, 3.8) is 0 Å². The molecule has 0 saturated carbocycles. The Balaban J connectivity index is 1.97. The number of rotatable bonds is 4. The fraction of sp³-hybridized carbons (Fsp3) is 0.556. The van der Waals surface area contributed by atoms with E-state index in [1.165, 1.54) is 6.07 Å². The van der Waals surface area contributed by atoms with Crippen LogP contribution in [0.4, 0.5) is 0 Å². The molecular formula is C9H13ClN2O2S2. The van der Waals surface area contributed by atoms with E-state index >= 15 is 0 Å². The highest BCUT2D eigenvalue weighted by molar-refractivity contribution is 7.91. The van der Waals surface area contributed by atoms with E-state index < -0.39 is 10.0 Å². The quantitative estimate of drug-likeness (QED) is 0.874. The average Bonchev–Trinajstić information content (AvgIpc) is 2.85. The molecule has 1 aliphatic rings. The minimum atomic E-state index is -3.37. The number of sulfonamides is 1. The average molecular weight is 281 g/mol. The Bertz CT molecular complexity index is 452. The van der Waals surface area contributed by atoms with Gasteiger partial charge in [-0.3, -0.25) is 0 Å². The van der Waals surface area contributed by atoms with Crippen molar-refractivity contribution in [1.82, 2.24) is 10.0 Å². The minimum absolute atomic E-state index is 0.281. The van der Waals surface area contributed by atoms with Crippen LogP contribution in [0.15, 0.2) is 16.3 Å². The Kier molecular flexibility index (Phi) is 3.86. The monoisotopic (exact) mass is 280 g/mol. The predicted molar refractivity (Wildman–Crippen MR) is 65.5 cm³/mol. The molecule has 16 heavy (non-hydrogen) atoms. The molecule has 1 unspecified atom stereocenters. The van der Waals surface area contributed by atoms with Gasteiger partial charge >= 0.3 is 0 Å². The van der Waals surface area contributed by atoms with E-state index in [0.717, 1.165) is 30.8 Å². The summed E-state index contributed by atoms with van der Waals surface area (Å²) < 4.78 is 27.0. The van der Waals surface area contributed by atoms with Gasteiger partial charge in [-0.2, -0.15) is 0 Å². The molecule has 1 atom stereocenters. The van der Waals surface area contributed by atoms with Crippen molar-refractivity contribution in [2.24, 2.45) is 5.92 Å². The van der Waals surface area contributed by atoms with Crippen LogP contribution in [0.3, 0.4) is 0 Å². The first-order valence-corrected chi connectivity index (χ1v) is 7.71. The smallest absolute Gasteiger partial charge is 0.250 e. The van der Waals surface area contributed by atoms with Crippen molar-refractivity contribution in [1.29, 1.82) is 0 Å². The summed E-state index contributed by atoms with van der Waals surface area (Å²) in [4.78, 5) is 0. The second-order valence-electron chi connectivity index (χ2n) is 3.77. The van der Waals surface area contributed by atoms with Crippen molar-refractivity contribution >= 4 is 33.0 Å². The Morgan fingerprint density at radius 1 is 1.56 bits per heavy atom. The number of halogens is 1. The maximum Gasteiger partial charge on any atom is 0.250 e. The minimum Gasteiger partial charge on any atom is -0.316 e. The summed E-state index contributed by atoms with van der Waals surface area (Å²) in [5.41, 5.74) is 0. The van der Waals surface area contributed by atoms with Crippen LogP contribution in [-0.2, 0) is 10.0 Å². The van der Waals surface area contributed by atoms with Crippen molar-refractivity contribution in [2.45, 2.75) is 10.6 Å². The highest BCUT2D eigenvalue weighted by Gasteiger charge is 2.20. The van der Waals surface area contributed by atoms with E-state index in [2.05, 4.69) is 10.0 Å². The largest absolute Gasteiger partial charge is 0.316 e. The Morgan fingerprint density at radius 3 is 2.94 bits per heavy atom. The fourth-order valence-corrected chi connectivity index (χ4v) is 4.27. The first-order valence-electron chi connectivity index (χ1n) is 5.03. The molecule has 4 nitrogen and oxygen atoms in total. The van der Waals surface area contributed by atoms with E-state index in [9.17, 15) is 8.42 Å². The number of thiophene rings is 1. The molecule has 1 saturated heterocycles. The summed E-state index contributed by atoms with van der Waals surface area (Å²) in [6.45, 7) is 2.34. The normalized spacial score (nSPS) is 21.4. The van der Waals surface area contributed by atoms with Gasteiger partial charge in [0.2, 0.25) is 10.0 Å². The zero-order valence-electron chi connectivity index (χ0n) is 8.57. The van der Waals surface area contributed by atoms with Crippen LogP contribution < -0.4 is 10.0 Å². The molecular weight excluding hydrogens is 268 g/mol. The second kappa shape index (κ2) is 5.01. The lowest BCUT2D eigenvalue weighted by Gasteiger charge is -2.09. The van der Waals surface area contributed by atoms with E-state index in [4.69, 9.17) is 11.6 Å². The molecule has 1 fully saturated rings. The van der Waals surface area contributed by atoms with Crippen molar-refractivity contribution in [2.75, 3.05) is 19.6 Å². The van der Waals surface area contributed by atoms with Gasteiger partial charge in [-0.1, -0.05) is 11.6 Å². The zero-order valence-corrected chi connectivity index (χ0v) is 11.0. The molecule has 7 heteroatoms. The predicted octanol–water partition coefficient (Wildman–Crippen LogP) is 1.29. The highest BCUT2D eigenvalue weighted by atomic mass is 35.5. The molecule has 2 N–H and O–H groups in total. The molecule has 1 aromatic rings. The maximum absolute atomic E-state index is 11.8. The lowest BCUT2D eigenvalue weighted by molar-refractivity contribution is 0.540.